The molecule has 0 radical (unpaired) electrons. The lowest BCUT2D eigenvalue weighted by Gasteiger charge is -2.23. The summed E-state index contributed by atoms with van der Waals surface area (Å²) in [5.74, 6) is -0.978. The summed E-state index contributed by atoms with van der Waals surface area (Å²) in [5.41, 5.74) is 4.60. The number of fused-ring (bicyclic) bond motifs is 2. The number of amides is 3. The summed E-state index contributed by atoms with van der Waals surface area (Å²) in [7, 11) is -0.981. The Labute approximate surface area is 243 Å². The van der Waals surface area contributed by atoms with Crippen molar-refractivity contribution in [3.05, 3.63) is 82.9 Å². The number of likely N-dealkylation sites (tertiary alicyclic amines) is 1. The Morgan fingerprint density at radius 1 is 1.14 bits per heavy atom. The van der Waals surface area contributed by atoms with E-state index in [1.807, 2.05) is 44.2 Å². The zero-order valence-electron chi connectivity index (χ0n) is 23.5. The summed E-state index contributed by atoms with van der Waals surface area (Å²) < 4.78 is 12.5. The van der Waals surface area contributed by atoms with Gasteiger partial charge in [0.25, 0.3) is 11.8 Å². The largest absolute Gasteiger partial charge is 0.491 e. The minimum atomic E-state index is -0.981. The molecule has 1 fully saturated rings. The minimum Gasteiger partial charge on any atom is -0.463 e. The second kappa shape index (κ2) is 11.5. The monoisotopic (exact) mass is 569 g/mol. The van der Waals surface area contributed by atoms with E-state index < -0.39 is 19.2 Å². The minimum absolute atomic E-state index is 0.158. The number of nitrogens with one attached hydrogen (secondary N) is 2. The third-order valence-electron chi connectivity index (χ3n) is 7.98. The van der Waals surface area contributed by atoms with Crippen LogP contribution in [0.1, 0.15) is 57.9 Å². The Morgan fingerprint density at radius 2 is 1.98 bits per heavy atom. The van der Waals surface area contributed by atoms with E-state index in [-0.39, 0.29) is 37.2 Å². The number of furan rings is 1. The zero-order chi connectivity index (χ0) is 29.4. The maximum Gasteiger partial charge on any atom is 0.491 e. The lowest BCUT2D eigenvalue weighted by atomic mass is 9.79. The Balaban J connectivity index is 1.22. The van der Waals surface area contributed by atoms with Gasteiger partial charge in [0.2, 0.25) is 5.91 Å². The van der Waals surface area contributed by atoms with Crippen molar-refractivity contribution in [3.63, 3.8) is 0 Å². The van der Waals surface area contributed by atoms with Crippen molar-refractivity contribution in [1.29, 1.82) is 0 Å². The standard InChI is InChI=1S/C30H32BN5O6/c1-3-20-12-26(36(4-2)34-20)29(38)33-21-13-25(28(37)32-14-18-9-10-19-16-42-31(40)24(19)11-18)35(15-21)30(39)23-17-41-27-8-6-5-7-22(23)27/h5-12,17,21,25,40H,3-4,13-16H2,1-2H3,(H,32,37)(H,33,38)/t21-,25+/m1/s1. The first kappa shape index (κ1) is 27.7. The van der Waals surface area contributed by atoms with E-state index in [1.165, 1.54) is 11.2 Å². The van der Waals surface area contributed by atoms with Crippen LogP contribution < -0.4 is 16.1 Å². The van der Waals surface area contributed by atoms with Crippen molar-refractivity contribution in [1.82, 2.24) is 25.3 Å². The molecule has 0 spiro atoms. The Kier molecular flexibility index (Phi) is 7.57. The van der Waals surface area contributed by atoms with Gasteiger partial charge < -0.3 is 29.6 Å². The number of benzene rings is 2. The molecule has 0 saturated carbocycles. The third kappa shape index (κ3) is 5.19. The van der Waals surface area contributed by atoms with Gasteiger partial charge >= 0.3 is 7.12 Å². The van der Waals surface area contributed by atoms with Crippen molar-refractivity contribution >= 4 is 41.3 Å². The first-order valence-electron chi connectivity index (χ1n) is 14.2. The molecule has 1 saturated heterocycles. The molecule has 2 aliphatic rings. The second-order valence-corrected chi connectivity index (χ2v) is 10.6. The van der Waals surface area contributed by atoms with Crippen LogP contribution in [0.25, 0.3) is 11.0 Å². The number of nitrogens with zero attached hydrogens (tertiary/aromatic N) is 3. The fraction of sp³-hybridized carbons (Fsp3) is 0.333. The molecule has 42 heavy (non-hydrogen) atoms. The number of carbonyl (C=O) groups is 3. The highest BCUT2D eigenvalue weighted by atomic mass is 16.5. The number of carbonyl (C=O) groups excluding carboxylic acids is 3. The van der Waals surface area contributed by atoms with Gasteiger partial charge in [-0.15, -0.1) is 0 Å². The second-order valence-electron chi connectivity index (χ2n) is 10.6. The lowest BCUT2D eigenvalue weighted by Crippen LogP contribution is -2.46. The Hall–Kier alpha value is -4.42. The van der Waals surface area contributed by atoms with Crippen LogP contribution in [0.4, 0.5) is 0 Å². The smallest absolute Gasteiger partial charge is 0.463 e. The third-order valence-corrected chi connectivity index (χ3v) is 7.98. The van der Waals surface area contributed by atoms with E-state index in [1.54, 1.807) is 22.9 Å². The average Bonchev–Trinajstić information content (AvgIpc) is 3.80. The quantitative estimate of drug-likeness (QED) is 0.275. The van der Waals surface area contributed by atoms with Crippen LogP contribution in [0.3, 0.4) is 0 Å². The summed E-state index contributed by atoms with van der Waals surface area (Å²) in [6.07, 6.45) is 2.37. The van der Waals surface area contributed by atoms with Crippen molar-refractivity contribution in [2.45, 2.75) is 58.5 Å². The highest BCUT2D eigenvalue weighted by Crippen LogP contribution is 2.27. The van der Waals surface area contributed by atoms with Gasteiger partial charge in [-0.3, -0.25) is 19.1 Å². The van der Waals surface area contributed by atoms with Gasteiger partial charge in [0, 0.05) is 31.1 Å². The maximum absolute atomic E-state index is 13.8. The van der Waals surface area contributed by atoms with Crippen molar-refractivity contribution in [2.24, 2.45) is 0 Å². The first-order chi connectivity index (χ1) is 20.4. The number of aryl methyl sites for hydroxylation is 2. The number of hydrogen-bond acceptors (Lipinski definition) is 7. The molecular weight excluding hydrogens is 537 g/mol. The van der Waals surface area contributed by atoms with E-state index >= 15 is 0 Å². The number of rotatable bonds is 8. The molecule has 0 unspecified atom stereocenters. The fourth-order valence-corrected chi connectivity index (χ4v) is 5.72. The number of aromatic nitrogens is 2. The van der Waals surface area contributed by atoms with Gasteiger partial charge in [-0.1, -0.05) is 43.3 Å². The molecule has 2 aliphatic heterocycles. The predicted molar refractivity (Wildman–Crippen MR) is 155 cm³/mol. The van der Waals surface area contributed by atoms with Gasteiger partial charge in [0.1, 0.15) is 23.6 Å². The van der Waals surface area contributed by atoms with E-state index in [0.717, 1.165) is 16.8 Å². The summed E-state index contributed by atoms with van der Waals surface area (Å²) in [6.45, 7) is 5.15. The fourth-order valence-electron chi connectivity index (χ4n) is 5.72. The number of para-hydroxylation sites is 1. The molecular formula is C30H32BN5O6. The van der Waals surface area contributed by atoms with Gasteiger partial charge in [-0.25, -0.2) is 0 Å². The van der Waals surface area contributed by atoms with Crippen LogP contribution in [0, 0.1) is 0 Å². The molecule has 12 heteroatoms. The van der Waals surface area contributed by atoms with Crippen molar-refractivity contribution in [3.8, 4) is 0 Å². The molecule has 3 amide bonds. The summed E-state index contributed by atoms with van der Waals surface area (Å²) >= 11 is 0. The molecule has 0 bridgehead atoms. The first-order valence-corrected chi connectivity index (χ1v) is 14.2. The predicted octanol–water partition coefficient (Wildman–Crippen LogP) is 1.76. The molecule has 4 aromatic rings. The van der Waals surface area contributed by atoms with Crippen LogP contribution >= 0.6 is 0 Å². The molecule has 216 valence electrons. The van der Waals surface area contributed by atoms with Crippen molar-refractivity contribution < 1.29 is 28.5 Å². The van der Waals surface area contributed by atoms with Crippen molar-refractivity contribution in [2.75, 3.05) is 6.54 Å². The van der Waals surface area contributed by atoms with Gasteiger partial charge in [-0.2, -0.15) is 5.10 Å². The maximum atomic E-state index is 13.8. The molecule has 0 aliphatic carbocycles. The Bertz CT molecular complexity index is 1660. The van der Waals surface area contributed by atoms with E-state index in [4.69, 9.17) is 9.07 Å². The molecule has 2 atom stereocenters. The summed E-state index contributed by atoms with van der Waals surface area (Å²) in [6, 6.07) is 13.3. The lowest BCUT2D eigenvalue weighted by molar-refractivity contribution is -0.125. The summed E-state index contributed by atoms with van der Waals surface area (Å²) in [5, 5.41) is 21.1. The van der Waals surface area contributed by atoms with Gasteiger partial charge in [0.05, 0.1) is 17.9 Å². The van der Waals surface area contributed by atoms with Crippen LogP contribution in [0.5, 0.6) is 0 Å². The zero-order valence-corrected chi connectivity index (χ0v) is 23.5. The van der Waals surface area contributed by atoms with E-state index in [0.29, 0.717) is 47.3 Å². The van der Waals surface area contributed by atoms with E-state index in [2.05, 4.69) is 15.7 Å². The molecule has 2 aromatic carbocycles. The van der Waals surface area contributed by atoms with Crippen LogP contribution in [0.2, 0.25) is 0 Å². The number of hydrogen-bond donors (Lipinski definition) is 3. The molecule has 2 aromatic heterocycles. The van der Waals surface area contributed by atoms with Gasteiger partial charge in [0.15, 0.2) is 0 Å². The average molecular weight is 569 g/mol. The highest BCUT2D eigenvalue weighted by molar-refractivity contribution is 6.61. The van der Waals surface area contributed by atoms with Crippen LogP contribution in [-0.4, -0.2) is 63.2 Å². The topological polar surface area (TPSA) is 139 Å². The molecule has 6 rings (SSSR count). The summed E-state index contributed by atoms with van der Waals surface area (Å²) in [4.78, 5) is 42.2. The normalized spacial score (nSPS) is 18.0. The molecule has 4 heterocycles. The molecule has 11 nitrogen and oxygen atoms in total. The van der Waals surface area contributed by atoms with E-state index in [9.17, 15) is 19.4 Å². The van der Waals surface area contributed by atoms with Crippen LogP contribution in [0.15, 0.2) is 59.2 Å². The Morgan fingerprint density at radius 3 is 2.79 bits per heavy atom. The molecule has 3 N–H and O–H groups in total. The van der Waals surface area contributed by atoms with Gasteiger partial charge in [-0.05, 0) is 48.5 Å². The van der Waals surface area contributed by atoms with Crippen LogP contribution in [-0.2, 0) is 35.6 Å². The SMILES string of the molecule is CCc1cc(C(=O)N[C@@H]2C[C@@H](C(=O)NCc3ccc4c(c3)B(O)OC4)N(C(=O)c3coc4ccccc34)C2)n(CC)n1. The highest BCUT2D eigenvalue weighted by Gasteiger charge is 2.41.